The number of sulfonamides is 1. The Balaban J connectivity index is 1.44. The minimum absolute atomic E-state index is 0.0327. The number of alkyl halides is 3. The first kappa shape index (κ1) is 29.3. The van der Waals surface area contributed by atoms with Gasteiger partial charge < -0.3 is 25.1 Å². The van der Waals surface area contributed by atoms with Gasteiger partial charge in [-0.1, -0.05) is 0 Å². The molecule has 2 aliphatic rings. The Hall–Kier alpha value is -4.17. The van der Waals surface area contributed by atoms with E-state index in [-0.39, 0.29) is 40.9 Å². The van der Waals surface area contributed by atoms with Crippen LogP contribution in [-0.2, 0) is 19.6 Å². The molecule has 5 rings (SSSR count). The van der Waals surface area contributed by atoms with Gasteiger partial charge in [0.1, 0.15) is 11.9 Å². The monoisotopic (exact) mass is 605 g/mol. The number of nitrogens with zero attached hydrogens (tertiary/aromatic N) is 5. The van der Waals surface area contributed by atoms with Gasteiger partial charge in [0, 0.05) is 56.7 Å². The van der Waals surface area contributed by atoms with Crippen molar-refractivity contribution in [3.63, 3.8) is 0 Å². The van der Waals surface area contributed by atoms with Crippen molar-refractivity contribution in [1.82, 2.24) is 19.3 Å². The summed E-state index contributed by atoms with van der Waals surface area (Å²) in [6.45, 7) is 2.98. The number of nitriles is 1. The zero-order valence-electron chi connectivity index (χ0n) is 22.1. The lowest BCUT2D eigenvalue weighted by molar-refractivity contribution is -0.199. The minimum Gasteiger partial charge on any atom is -0.379 e. The molecule has 2 saturated heterocycles. The Morgan fingerprint density at radius 2 is 1.76 bits per heavy atom. The molecule has 222 valence electrons. The molecule has 2 aromatic heterocycles. The van der Waals surface area contributed by atoms with Gasteiger partial charge in [0.05, 0.1) is 29.4 Å². The molecule has 0 amide bonds. The van der Waals surface area contributed by atoms with Crippen molar-refractivity contribution in [2.24, 2.45) is 0 Å². The highest BCUT2D eigenvalue weighted by molar-refractivity contribution is 7.89. The van der Waals surface area contributed by atoms with Crippen LogP contribution in [0, 0.1) is 11.3 Å². The second kappa shape index (κ2) is 12.0. The molecule has 0 saturated carbocycles. The molecule has 2 aliphatic heterocycles. The van der Waals surface area contributed by atoms with E-state index in [0.717, 1.165) is 4.73 Å². The quantitative estimate of drug-likeness (QED) is 0.411. The Bertz CT molecular complexity index is 1590. The van der Waals surface area contributed by atoms with E-state index in [4.69, 9.17) is 9.57 Å². The van der Waals surface area contributed by atoms with Gasteiger partial charge in [-0.15, -0.1) is 0 Å². The van der Waals surface area contributed by atoms with Gasteiger partial charge in [0.25, 0.3) is 0 Å². The minimum atomic E-state index is -5.26. The van der Waals surface area contributed by atoms with Crippen molar-refractivity contribution in [2.75, 3.05) is 62.7 Å². The van der Waals surface area contributed by atoms with Crippen LogP contribution in [0.4, 0.5) is 30.5 Å². The Labute approximate surface area is 239 Å². The predicted molar refractivity (Wildman–Crippen MR) is 144 cm³/mol. The number of halogens is 3. The maximum absolute atomic E-state index is 13.2. The van der Waals surface area contributed by atoms with Crippen LogP contribution in [0.25, 0.3) is 11.3 Å². The number of ether oxygens (including phenoxy) is 1. The highest BCUT2D eigenvalue weighted by atomic mass is 32.2. The van der Waals surface area contributed by atoms with Gasteiger partial charge in [0.15, 0.2) is 5.82 Å². The van der Waals surface area contributed by atoms with Crippen LogP contribution >= 0.6 is 0 Å². The van der Waals surface area contributed by atoms with E-state index in [1.165, 1.54) is 40.8 Å². The van der Waals surface area contributed by atoms with E-state index in [2.05, 4.69) is 15.6 Å². The number of hydrogen-bond donors (Lipinski definition) is 2. The molecule has 0 unspecified atom stereocenters. The van der Waals surface area contributed by atoms with Gasteiger partial charge >= 0.3 is 12.1 Å². The van der Waals surface area contributed by atoms with E-state index in [1.54, 1.807) is 17.0 Å². The highest BCUT2D eigenvalue weighted by Crippen LogP contribution is 2.33. The van der Waals surface area contributed by atoms with Crippen LogP contribution in [0.15, 0.2) is 53.6 Å². The fraction of sp³-hybridized carbons (Fsp3) is 0.346. The molecule has 42 heavy (non-hydrogen) atoms. The summed E-state index contributed by atoms with van der Waals surface area (Å²) in [7, 11) is -3.68. The number of anilines is 3. The second-order valence-corrected chi connectivity index (χ2v) is 11.3. The summed E-state index contributed by atoms with van der Waals surface area (Å²) in [5.41, 5.74) is 0.880. The molecule has 16 heteroatoms. The number of hydrogen-bond acceptors (Lipinski definition) is 10. The molecular weight excluding hydrogens is 579 g/mol. The van der Waals surface area contributed by atoms with Crippen LogP contribution in [0.5, 0.6) is 0 Å². The number of benzene rings is 1. The number of morpholine rings is 1. The zero-order valence-corrected chi connectivity index (χ0v) is 22.9. The number of carbonyl (C=O) groups excluding carboxylic acids is 1. The number of piperazine rings is 1. The predicted octanol–water partition coefficient (Wildman–Crippen LogP) is 2.11. The maximum atomic E-state index is 13.2. The first-order chi connectivity index (χ1) is 20.1. The maximum Gasteiger partial charge on any atom is 0.493 e. The molecule has 1 aromatic carbocycles. The SMILES string of the molecule is N#Cc1cc(-c2ccnc(Nc3ccc(S(=O)(=O)N4CCOCC4)cc3)c2)n(OC(=O)C(F)(F)F)c1N1CCNCC1. The van der Waals surface area contributed by atoms with Gasteiger partial charge in [-0.2, -0.15) is 27.5 Å². The van der Waals surface area contributed by atoms with Crippen molar-refractivity contribution >= 4 is 33.3 Å². The van der Waals surface area contributed by atoms with Gasteiger partial charge in [-0.3, -0.25) is 0 Å². The summed E-state index contributed by atoms with van der Waals surface area (Å²) in [6.07, 6.45) is -3.87. The Morgan fingerprint density at radius 3 is 2.40 bits per heavy atom. The third-order valence-electron chi connectivity index (χ3n) is 6.67. The van der Waals surface area contributed by atoms with E-state index < -0.39 is 22.2 Å². The van der Waals surface area contributed by atoms with Crippen molar-refractivity contribution in [3.05, 3.63) is 54.2 Å². The summed E-state index contributed by atoms with van der Waals surface area (Å²) in [5, 5.41) is 16.0. The summed E-state index contributed by atoms with van der Waals surface area (Å²) in [5.74, 6) is -2.12. The molecule has 0 atom stereocenters. The van der Waals surface area contributed by atoms with Crippen LogP contribution in [0.2, 0.25) is 0 Å². The van der Waals surface area contributed by atoms with Crippen LogP contribution in [0.1, 0.15) is 5.56 Å². The Kier molecular flexibility index (Phi) is 8.36. The third kappa shape index (κ3) is 6.19. The fourth-order valence-electron chi connectivity index (χ4n) is 4.62. The lowest BCUT2D eigenvalue weighted by Crippen LogP contribution is -2.45. The first-order valence-corrected chi connectivity index (χ1v) is 14.3. The van der Waals surface area contributed by atoms with E-state index in [9.17, 15) is 31.6 Å². The first-order valence-electron chi connectivity index (χ1n) is 12.9. The van der Waals surface area contributed by atoms with Gasteiger partial charge in [0.2, 0.25) is 10.0 Å². The molecule has 0 bridgehead atoms. The highest BCUT2D eigenvalue weighted by Gasteiger charge is 2.43. The van der Waals surface area contributed by atoms with Crippen molar-refractivity contribution in [3.8, 4) is 17.3 Å². The average Bonchev–Trinajstić information content (AvgIpc) is 3.36. The number of carbonyl (C=O) groups is 1. The molecule has 12 nitrogen and oxygen atoms in total. The largest absolute Gasteiger partial charge is 0.493 e. The second-order valence-electron chi connectivity index (χ2n) is 9.38. The smallest absolute Gasteiger partial charge is 0.379 e. The molecule has 0 aliphatic carbocycles. The van der Waals surface area contributed by atoms with Gasteiger partial charge in [-0.05, 0) is 42.5 Å². The molecule has 3 aromatic rings. The summed E-state index contributed by atoms with van der Waals surface area (Å²) < 4.78 is 72.7. The van der Waals surface area contributed by atoms with E-state index in [1.807, 2.05) is 6.07 Å². The number of rotatable bonds is 7. The lowest BCUT2D eigenvalue weighted by atomic mass is 10.2. The normalized spacial score (nSPS) is 16.6. The molecule has 0 radical (unpaired) electrons. The van der Waals surface area contributed by atoms with Gasteiger partial charge in [-0.25, -0.2) is 18.2 Å². The topological polar surface area (TPSA) is 142 Å². The molecule has 0 spiro atoms. The Morgan fingerprint density at radius 1 is 1.07 bits per heavy atom. The van der Waals surface area contributed by atoms with Crippen LogP contribution in [-0.4, -0.2) is 87.1 Å². The molecule has 4 heterocycles. The van der Waals surface area contributed by atoms with Crippen molar-refractivity contribution in [1.29, 1.82) is 5.26 Å². The van der Waals surface area contributed by atoms with Crippen LogP contribution in [0.3, 0.4) is 0 Å². The van der Waals surface area contributed by atoms with Crippen molar-refractivity contribution in [2.45, 2.75) is 11.1 Å². The van der Waals surface area contributed by atoms with E-state index >= 15 is 0 Å². The molecule has 2 N–H and O–H groups in total. The summed E-state index contributed by atoms with van der Waals surface area (Å²) >= 11 is 0. The van der Waals surface area contributed by atoms with Crippen LogP contribution < -0.4 is 20.4 Å². The summed E-state index contributed by atoms with van der Waals surface area (Å²) in [6, 6.07) is 12.4. The zero-order chi connectivity index (χ0) is 29.9. The summed E-state index contributed by atoms with van der Waals surface area (Å²) in [4.78, 5) is 22.7. The number of pyridine rings is 1. The number of aromatic nitrogens is 2. The fourth-order valence-corrected chi connectivity index (χ4v) is 6.03. The molecule has 2 fully saturated rings. The molecular formula is C26H26F3N7O5S. The standard InChI is InChI=1S/C26H26F3N7O5S/c27-26(28,29)25(37)41-36-22(15-19(17-30)24(36)34-9-7-31-8-10-34)18-5-6-32-23(16-18)33-20-1-3-21(4-2-20)42(38,39)35-11-13-40-14-12-35/h1-6,15-16,31H,7-14H2,(H,32,33). The van der Waals surface area contributed by atoms with E-state index in [0.29, 0.717) is 50.6 Å². The van der Waals surface area contributed by atoms with Crippen molar-refractivity contribution < 1.29 is 36.0 Å². The average molecular weight is 606 g/mol. The number of nitrogens with one attached hydrogen (secondary N) is 2. The lowest BCUT2D eigenvalue weighted by Gasteiger charge is -2.30. The third-order valence-corrected chi connectivity index (χ3v) is 8.58.